The maximum atomic E-state index is 13.0. The summed E-state index contributed by atoms with van der Waals surface area (Å²) in [6.07, 6.45) is 0.751. The maximum absolute atomic E-state index is 13.0. The number of nitrogens with zero attached hydrogens (tertiary/aromatic N) is 3. The molecule has 1 aromatic carbocycles. The fourth-order valence-corrected chi connectivity index (χ4v) is 3.39. The molecule has 1 N–H and O–H groups in total. The van der Waals surface area contributed by atoms with Gasteiger partial charge in [0.1, 0.15) is 10.8 Å². The number of benzene rings is 1. The van der Waals surface area contributed by atoms with E-state index in [1.165, 1.54) is 40.5 Å². The molecule has 1 saturated heterocycles. The van der Waals surface area contributed by atoms with Crippen LogP contribution in [0.1, 0.15) is 18.4 Å². The van der Waals surface area contributed by atoms with E-state index >= 15 is 0 Å². The van der Waals surface area contributed by atoms with E-state index in [-0.39, 0.29) is 30.6 Å². The molecule has 26 heavy (non-hydrogen) atoms. The average Bonchev–Trinajstić information content (AvgIpc) is 3.23. The SMILES string of the molecule is CCOCCc1nnc(NC(=O)[C@H]2CC(=O)N(c3ccc(F)cc3)C2)s1. The highest BCUT2D eigenvalue weighted by Gasteiger charge is 2.35. The van der Waals surface area contributed by atoms with E-state index in [0.29, 0.717) is 30.5 Å². The highest BCUT2D eigenvalue weighted by atomic mass is 32.1. The van der Waals surface area contributed by atoms with Crippen molar-refractivity contribution in [2.45, 2.75) is 19.8 Å². The van der Waals surface area contributed by atoms with Crippen LogP contribution in [0.25, 0.3) is 0 Å². The molecule has 2 amide bonds. The minimum Gasteiger partial charge on any atom is -0.381 e. The molecule has 2 aromatic rings. The van der Waals surface area contributed by atoms with Gasteiger partial charge in [-0.3, -0.25) is 9.59 Å². The molecule has 7 nitrogen and oxygen atoms in total. The van der Waals surface area contributed by atoms with E-state index in [0.717, 1.165) is 5.01 Å². The third kappa shape index (κ3) is 4.41. The number of nitrogens with one attached hydrogen (secondary N) is 1. The summed E-state index contributed by atoms with van der Waals surface area (Å²) in [5.41, 5.74) is 0.584. The molecule has 2 heterocycles. The largest absolute Gasteiger partial charge is 0.381 e. The highest BCUT2D eigenvalue weighted by Crippen LogP contribution is 2.26. The minimum absolute atomic E-state index is 0.110. The summed E-state index contributed by atoms with van der Waals surface area (Å²) in [5.74, 6) is -1.28. The van der Waals surface area contributed by atoms with Crippen LogP contribution in [-0.2, 0) is 20.7 Å². The number of carbonyl (C=O) groups excluding carboxylic acids is 2. The highest BCUT2D eigenvalue weighted by molar-refractivity contribution is 7.15. The first-order valence-electron chi connectivity index (χ1n) is 8.33. The van der Waals surface area contributed by atoms with Gasteiger partial charge in [0.05, 0.1) is 12.5 Å². The predicted molar refractivity (Wildman–Crippen MR) is 95.6 cm³/mol. The van der Waals surface area contributed by atoms with E-state index in [1.807, 2.05) is 6.92 Å². The molecular formula is C17H19FN4O3S. The van der Waals surface area contributed by atoms with Gasteiger partial charge in [0, 0.05) is 31.7 Å². The number of carbonyl (C=O) groups is 2. The fourth-order valence-electron chi connectivity index (χ4n) is 2.67. The van der Waals surface area contributed by atoms with Gasteiger partial charge in [-0.2, -0.15) is 0 Å². The van der Waals surface area contributed by atoms with E-state index in [1.54, 1.807) is 0 Å². The average molecular weight is 378 g/mol. The maximum Gasteiger partial charge on any atom is 0.231 e. The predicted octanol–water partition coefficient (Wildman–Crippen LogP) is 2.25. The van der Waals surface area contributed by atoms with E-state index in [2.05, 4.69) is 15.5 Å². The lowest BCUT2D eigenvalue weighted by molar-refractivity contribution is -0.122. The molecule has 1 aromatic heterocycles. The van der Waals surface area contributed by atoms with Crippen LogP contribution >= 0.6 is 11.3 Å². The Labute approximate surface area is 154 Å². The van der Waals surface area contributed by atoms with Gasteiger partial charge in [-0.1, -0.05) is 11.3 Å². The number of hydrogen-bond acceptors (Lipinski definition) is 6. The summed E-state index contributed by atoms with van der Waals surface area (Å²) in [4.78, 5) is 26.1. The summed E-state index contributed by atoms with van der Waals surface area (Å²) in [5, 5.41) is 11.9. The first kappa shape index (κ1) is 18.4. The van der Waals surface area contributed by atoms with Crippen molar-refractivity contribution < 1.29 is 18.7 Å². The third-order valence-electron chi connectivity index (χ3n) is 4.00. The Morgan fingerprint density at radius 1 is 1.38 bits per heavy atom. The number of aromatic nitrogens is 2. The zero-order chi connectivity index (χ0) is 18.5. The van der Waals surface area contributed by atoms with Crippen molar-refractivity contribution >= 4 is 34.0 Å². The minimum atomic E-state index is -0.483. The van der Waals surface area contributed by atoms with Gasteiger partial charge < -0.3 is 15.0 Å². The first-order valence-corrected chi connectivity index (χ1v) is 9.15. The molecule has 1 atom stereocenters. The van der Waals surface area contributed by atoms with Crippen molar-refractivity contribution in [3.05, 3.63) is 35.1 Å². The summed E-state index contributed by atoms with van der Waals surface area (Å²) in [7, 11) is 0. The number of amides is 2. The number of ether oxygens (including phenoxy) is 1. The summed E-state index contributed by atoms with van der Waals surface area (Å²) in [6, 6.07) is 5.65. The third-order valence-corrected chi connectivity index (χ3v) is 4.89. The molecule has 0 unspecified atom stereocenters. The standard InChI is InChI=1S/C17H19FN4O3S/c1-2-25-8-7-14-20-21-17(26-14)19-16(24)11-9-15(23)22(10-11)13-5-3-12(18)4-6-13/h3-6,11H,2,7-10H2,1H3,(H,19,21,24)/t11-/m0/s1. The monoisotopic (exact) mass is 378 g/mol. The van der Waals surface area contributed by atoms with Crippen LogP contribution in [0.3, 0.4) is 0 Å². The van der Waals surface area contributed by atoms with Crippen molar-refractivity contribution in [3.8, 4) is 0 Å². The molecule has 9 heteroatoms. The second kappa shape index (κ2) is 8.33. The number of hydrogen-bond donors (Lipinski definition) is 1. The molecule has 0 radical (unpaired) electrons. The Morgan fingerprint density at radius 2 is 2.15 bits per heavy atom. The Morgan fingerprint density at radius 3 is 2.88 bits per heavy atom. The normalized spacial score (nSPS) is 16.9. The van der Waals surface area contributed by atoms with Crippen LogP contribution in [0.2, 0.25) is 0 Å². The molecule has 0 spiro atoms. The summed E-state index contributed by atoms with van der Waals surface area (Å²) >= 11 is 1.30. The second-order valence-corrected chi connectivity index (χ2v) is 6.88. The van der Waals surface area contributed by atoms with Crippen LogP contribution < -0.4 is 10.2 Å². The Balaban J connectivity index is 1.57. The van der Waals surface area contributed by atoms with Gasteiger partial charge in [0.25, 0.3) is 0 Å². The van der Waals surface area contributed by atoms with E-state index < -0.39 is 5.92 Å². The molecule has 0 aliphatic carbocycles. The Hall–Kier alpha value is -2.39. The molecule has 1 fully saturated rings. The van der Waals surface area contributed by atoms with Crippen LogP contribution in [0.15, 0.2) is 24.3 Å². The second-order valence-electron chi connectivity index (χ2n) is 5.82. The van der Waals surface area contributed by atoms with Gasteiger partial charge in [-0.05, 0) is 31.2 Å². The topological polar surface area (TPSA) is 84.4 Å². The Bertz CT molecular complexity index is 781. The van der Waals surface area contributed by atoms with Crippen LogP contribution in [0, 0.1) is 11.7 Å². The summed E-state index contributed by atoms with van der Waals surface area (Å²) in [6.45, 7) is 3.38. The lowest BCUT2D eigenvalue weighted by Gasteiger charge is -2.16. The molecule has 3 rings (SSSR count). The number of anilines is 2. The molecule has 0 saturated carbocycles. The van der Waals surface area contributed by atoms with Crippen molar-refractivity contribution in [3.63, 3.8) is 0 Å². The van der Waals surface area contributed by atoms with Gasteiger partial charge in [0.2, 0.25) is 16.9 Å². The van der Waals surface area contributed by atoms with Gasteiger partial charge in [-0.25, -0.2) is 4.39 Å². The van der Waals surface area contributed by atoms with Gasteiger partial charge >= 0.3 is 0 Å². The Kier molecular flexibility index (Phi) is 5.89. The molecule has 1 aliphatic rings. The molecular weight excluding hydrogens is 359 g/mol. The van der Waals surface area contributed by atoms with E-state index in [4.69, 9.17) is 4.74 Å². The van der Waals surface area contributed by atoms with Crippen molar-refractivity contribution in [2.75, 3.05) is 30.0 Å². The van der Waals surface area contributed by atoms with Gasteiger partial charge in [-0.15, -0.1) is 10.2 Å². The van der Waals surface area contributed by atoms with Gasteiger partial charge in [0.15, 0.2) is 0 Å². The quantitative estimate of drug-likeness (QED) is 0.747. The van der Waals surface area contributed by atoms with Crippen LogP contribution in [0.4, 0.5) is 15.2 Å². The van der Waals surface area contributed by atoms with Crippen LogP contribution in [-0.4, -0.2) is 41.8 Å². The lowest BCUT2D eigenvalue weighted by atomic mass is 10.1. The number of rotatable bonds is 7. The fraction of sp³-hybridized carbons (Fsp3) is 0.412. The van der Waals surface area contributed by atoms with Crippen molar-refractivity contribution in [2.24, 2.45) is 5.92 Å². The lowest BCUT2D eigenvalue weighted by Crippen LogP contribution is -2.28. The zero-order valence-corrected chi connectivity index (χ0v) is 15.1. The number of halogens is 1. The zero-order valence-electron chi connectivity index (χ0n) is 14.3. The van der Waals surface area contributed by atoms with Crippen LogP contribution in [0.5, 0.6) is 0 Å². The first-order chi connectivity index (χ1) is 12.6. The van der Waals surface area contributed by atoms with Crippen molar-refractivity contribution in [1.82, 2.24) is 10.2 Å². The smallest absolute Gasteiger partial charge is 0.231 e. The van der Waals surface area contributed by atoms with Crippen molar-refractivity contribution in [1.29, 1.82) is 0 Å². The molecule has 1 aliphatic heterocycles. The van der Waals surface area contributed by atoms with E-state index in [9.17, 15) is 14.0 Å². The molecule has 138 valence electrons. The summed E-state index contributed by atoms with van der Waals surface area (Å²) < 4.78 is 18.3. The molecule has 0 bridgehead atoms.